The molecular weight excluding hydrogens is 204 g/mol. The first-order valence-electron chi connectivity index (χ1n) is 4.05. The second-order valence-electron chi connectivity index (χ2n) is 2.87. The van der Waals surface area contributed by atoms with Crippen LogP contribution in [0.5, 0.6) is 0 Å². The van der Waals surface area contributed by atoms with Crippen LogP contribution < -0.4 is 5.73 Å². The van der Waals surface area contributed by atoms with E-state index in [9.17, 15) is 4.79 Å². The van der Waals surface area contributed by atoms with Crippen LogP contribution in [0.1, 0.15) is 29.0 Å². The monoisotopic (exact) mass is 214 g/mol. The zero-order valence-corrected chi connectivity index (χ0v) is 8.71. The summed E-state index contributed by atoms with van der Waals surface area (Å²) in [6, 6.07) is 1.24. The number of esters is 1. The van der Waals surface area contributed by atoms with Crippen LogP contribution in [0.15, 0.2) is 12.3 Å². The molecule has 14 heavy (non-hydrogen) atoms. The Bertz CT molecular complexity index is 353. The molecule has 0 aliphatic carbocycles. The van der Waals surface area contributed by atoms with Crippen molar-refractivity contribution in [1.82, 2.24) is 4.98 Å². The molecule has 1 heterocycles. The molecule has 1 rings (SSSR count). The summed E-state index contributed by atoms with van der Waals surface area (Å²) < 4.78 is 4.52. The number of methoxy groups -OCH3 is 1. The van der Waals surface area contributed by atoms with Gasteiger partial charge in [0, 0.05) is 12.2 Å². The Kier molecular flexibility index (Phi) is 3.43. The van der Waals surface area contributed by atoms with E-state index in [-0.39, 0.29) is 6.04 Å². The largest absolute Gasteiger partial charge is 0.465 e. The van der Waals surface area contributed by atoms with Crippen molar-refractivity contribution in [2.24, 2.45) is 5.73 Å². The fourth-order valence-corrected chi connectivity index (χ4v) is 1.35. The predicted octanol–water partition coefficient (Wildman–Crippen LogP) is 1.54. The molecule has 76 valence electrons. The van der Waals surface area contributed by atoms with E-state index in [0.717, 1.165) is 0 Å². The molecule has 1 aromatic heterocycles. The molecule has 0 unspecified atom stereocenters. The molecule has 0 aliphatic heterocycles. The predicted molar refractivity (Wildman–Crippen MR) is 53.2 cm³/mol. The number of rotatable bonds is 2. The van der Waals surface area contributed by atoms with Crippen molar-refractivity contribution in [3.05, 3.63) is 28.5 Å². The van der Waals surface area contributed by atoms with E-state index in [2.05, 4.69) is 9.72 Å². The molecular formula is C9H11ClN2O2. The number of pyridine rings is 1. The van der Waals surface area contributed by atoms with Crippen LogP contribution >= 0.6 is 11.6 Å². The van der Waals surface area contributed by atoms with Gasteiger partial charge in [-0.25, -0.2) is 4.79 Å². The molecule has 4 nitrogen and oxygen atoms in total. The summed E-state index contributed by atoms with van der Waals surface area (Å²) >= 11 is 5.88. The Balaban J connectivity index is 3.06. The number of nitrogens with zero attached hydrogens (tertiary/aromatic N) is 1. The van der Waals surface area contributed by atoms with E-state index in [1.165, 1.54) is 19.4 Å². The van der Waals surface area contributed by atoms with E-state index < -0.39 is 5.97 Å². The standard InChI is InChI=1S/C9H11ClN2O2/c1-5(11)8-7(10)3-6(4-12-8)9(13)14-2/h3-5H,11H2,1-2H3/t5-/m1/s1. The van der Waals surface area contributed by atoms with Gasteiger partial charge in [-0.3, -0.25) is 4.98 Å². The minimum atomic E-state index is -0.462. The first-order chi connectivity index (χ1) is 6.56. The van der Waals surface area contributed by atoms with Gasteiger partial charge in [-0.05, 0) is 13.0 Å². The highest BCUT2D eigenvalue weighted by Gasteiger charge is 2.11. The molecule has 0 saturated carbocycles. The van der Waals surface area contributed by atoms with Gasteiger partial charge in [-0.2, -0.15) is 0 Å². The van der Waals surface area contributed by atoms with E-state index >= 15 is 0 Å². The van der Waals surface area contributed by atoms with Crippen LogP contribution in [0.3, 0.4) is 0 Å². The number of nitrogens with two attached hydrogens (primary N) is 1. The summed E-state index contributed by atoms with van der Waals surface area (Å²) in [6.07, 6.45) is 1.40. The lowest BCUT2D eigenvalue weighted by molar-refractivity contribution is 0.0600. The molecule has 0 aliphatic rings. The van der Waals surface area contributed by atoms with E-state index in [4.69, 9.17) is 17.3 Å². The minimum absolute atomic E-state index is 0.255. The number of carbonyl (C=O) groups excluding carboxylic acids is 1. The average molecular weight is 215 g/mol. The van der Waals surface area contributed by atoms with Crippen LogP contribution in [-0.4, -0.2) is 18.1 Å². The molecule has 0 aromatic carbocycles. The molecule has 0 spiro atoms. The molecule has 0 fully saturated rings. The Hall–Kier alpha value is -1.13. The van der Waals surface area contributed by atoms with Gasteiger partial charge < -0.3 is 10.5 Å². The fourth-order valence-electron chi connectivity index (χ4n) is 1.01. The molecule has 2 N–H and O–H groups in total. The van der Waals surface area contributed by atoms with Crippen molar-refractivity contribution < 1.29 is 9.53 Å². The summed E-state index contributed by atoms with van der Waals surface area (Å²) in [6.45, 7) is 1.77. The van der Waals surface area contributed by atoms with Crippen LogP contribution in [0, 0.1) is 0 Å². The first kappa shape index (κ1) is 10.9. The lowest BCUT2D eigenvalue weighted by Crippen LogP contribution is -2.10. The van der Waals surface area contributed by atoms with Crippen molar-refractivity contribution in [1.29, 1.82) is 0 Å². The SMILES string of the molecule is COC(=O)c1cnc([C@@H](C)N)c(Cl)c1. The maximum Gasteiger partial charge on any atom is 0.339 e. The zero-order chi connectivity index (χ0) is 10.7. The summed E-state index contributed by atoms with van der Waals surface area (Å²) in [4.78, 5) is 15.1. The Morgan fingerprint density at radius 3 is 2.79 bits per heavy atom. The van der Waals surface area contributed by atoms with E-state index in [0.29, 0.717) is 16.3 Å². The van der Waals surface area contributed by atoms with Crippen LogP contribution in [0.4, 0.5) is 0 Å². The summed E-state index contributed by atoms with van der Waals surface area (Å²) in [7, 11) is 1.30. The smallest absolute Gasteiger partial charge is 0.339 e. The number of hydrogen-bond acceptors (Lipinski definition) is 4. The van der Waals surface area contributed by atoms with Gasteiger partial charge in [-0.1, -0.05) is 11.6 Å². The fraction of sp³-hybridized carbons (Fsp3) is 0.333. The van der Waals surface area contributed by atoms with Gasteiger partial charge in [-0.15, -0.1) is 0 Å². The van der Waals surface area contributed by atoms with Crippen molar-refractivity contribution in [3.8, 4) is 0 Å². The van der Waals surface area contributed by atoms with Crippen LogP contribution in [-0.2, 0) is 4.74 Å². The highest BCUT2D eigenvalue weighted by atomic mass is 35.5. The third-order valence-electron chi connectivity index (χ3n) is 1.72. The van der Waals surface area contributed by atoms with Crippen molar-refractivity contribution >= 4 is 17.6 Å². The number of ether oxygens (including phenoxy) is 1. The molecule has 0 amide bonds. The summed E-state index contributed by atoms with van der Waals surface area (Å²) in [5.74, 6) is -0.462. The minimum Gasteiger partial charge on any atom is -0.465 e. The normalized spacial score (nSPS) is 12.3. The van der Waals surface area contributed by atoms with Gasteiger partial charge in [0.05, 0.1) is 23.4 Å². The van der Waals surface area contributed by atoms with Gasteiger partial charge in [0.15, 0.2) is 0 Å². The lowest BCUT2D eigenvalue weighted by Gasteiger charge is -2.07. The van der Waals surface area contributed by atoms with Gasteiger partial charge in [0.2, 0.25) is 0 Å². The maximum atomic E-state index is 11.1. The lowest BCUT2D eigenvalue weighted by atomic mass is 10.2. The second kappa shape index (κ2) is 4.39. The van der Waals surface area contributed by atoms with E-state index in [1.54, 1.807) is 6.92 Å². The highest BCUT2D eigenvalue weighted by molar-refractivity contribution is 6.31. The summed E-state index contributed by atoms with van der Waals surface area (Å²) in [5.41, 5.74) is 6.50. The van der Waals surface area contributed by atoms with Crippen LogP contribution in [0.2, 0.25) is 5.02 Å². The van der Waals surface area contributed by atoms with Gasteiger partial charge >= 0.3 is 5.97 Å². The first-order valence-corrected chi connectivity index (χ1v) is 4.43. The van der Waals surface area contributed by atoms with Crippen molar-refractivity contribution in [2.75, 3.05) is 7.11 Å². The third-order valence-corrected chi connectivity index (χ3v) is 2.02. The van der Waals surface area contributed by atoms with Gasteiger partial charge in [0.1, 0.15) is 0 Å². The molecule has 0 bridgehead atoms. The highest BCUT2D eigenvalue weighted by Crippen LogP contribution is 2.20. The quantitative estimate of drug-likeness (QED) is 0.759. The van der Waals surface area contributed by atoms with Crippen LogP contribution in [0.25, 0.3) is 0 Å². The zero-order valence-electron chi connectivity index (χ0n) is 7.95. The summed E-state index contributed by atoms with van der Waals surface area (Å²) in [5, 5.41) is 0.378. The second-order valence-corrected chi connectivity index (χ2v) is 3.28. The number of hydrogen-bond donors (Lipinski definition) is 1. The van der Waals surface area contributed by atoms with Crippen molar-refractivity contribution in [3.63, 3.8) is 0 Å². The Labute approximate surface area is 87.0 Å². The Morgan fingerprint density at radius 1 is 1.71 bits per heavy atom. The maximum absolute atomic E-state index is 11.1. The van der Waals surface area contributed by atoms with E-state index in [1.807, 2.05) is 0 Å². The van der Waals surface area contributed by atoms with Crippen molar-refractivity contribution in [2.45, 2.75) is 13.0 Å². The number of halogens is 1. The molecule has 0 radical (unpaired) electrons. The number of carbonyl (C=O) groups is 1. The Morgan fingerprint density at radius 2 is 2.36 bits per heavy atom. The molecule has 0 saturated heterocycles. The molecule has 1 atom stereocenters. The average Bonchev–Trinajstić information content (AvgIpc) is 2.15. The third kappa shape index (κ3) is 2.21. The van der Waals surface area contributed by atoms with Gasteiger partial charge in [0.25, 0.3) is 0 Å². The topological polar surface area (TPSA) is 65.2 Å². The molecule has 5 heteroatoms. The number of aromatic nitrogens is 1. The molecule has 1 aromatic rings.